The fourth-order valence-electron chi connectivity index (χ4n) is 3.16. The molecule has 7 nitrogen and oxygen atoms in total. The lowest BCUT2D eigenvalue weighted by Gasteiger charge is -2.32. The number of rotatable bonds is 2. The van der Waals surface area contributed by atoms with Gasteiger partial charge in [0.25, 0.3) is 5.91 Å². The number of fused-ring (bicyclic) bond motifs is 1. The molecular formula is C16H16N6O. The van der Waals surface area contributed by atoms with E-state index in [4.69, 9.17) is 0 Å². The van der Waals surface area contributed by atoms with E-state index in [1.54, 1.807) is 24.8 Å². The Morgan fingerprint density at radius 3 is 2.91 bits per heavy atom. The van der Waals surface area contributed by atoms with Gasteiger partial charge in [-0.1, -0.05) is 0 Å². The Bertz CT molecular complexity index is 831. The van der Waals surface area contributed by atoms with Crippen LogP contribution in [0.4, 0.5) is 0 Å². The minimum atomic E-state index is -0.0567. The third-order valence-electron chi connectivity index (χ3n) is 4.24. The van der Waals surface area contributed by atoms with E-state index in [1.165, 1.54) is 6.20 Å². The van der Waals surface area contributed by atoms with Gasteiger partial charge in [-0.05, 0) is 18.9 Å². The van der Waals surface area contributed by atoms with Crippen molar-refractivity contribution < 1.29 is 4.79 Å². The van der Waals surface area contributed by atoms with E-state index in [0.29, 0.717) is 18.0 Å². The molecular weight excluding hydrogens is 292 g/mol. The zero-order valence-electron chi connectivity index (χ0n) is 12.5. The molecule has 3 aromatic rings. The van der Waals surface area contributed by atoms with Crippen LogP contribution in [0.15, 0.2) is 43.2 Å². The largest absolute Gasteiger partial charge is 0.337 e. The predicted molar refractivity (Wildman–Crippen MR) is 82.9 cm³/mol. The zero-order valence-corrected chi connectivity index (χ0v) is 12.5. The molecule has 0 spiro atoms. The van der Waals surface area contributed by atoms with E-state index in [0.717, 1.165) is 25.1 Å². The second kappa shape index (κ2) is 5.75. The molecule has 0 radical (unpaired) electrons. The van der Waals surface area contributed by atoms with Crippen molar-refractivity contribution in [1.82, 2.24) is 29.2 Å². The zero-order chi connectivity index (χ0) is 15.6. The van der Waals surface area contributed by atoms with E-state index in [2.05, 4.69) is 19.9 Å². The first-order valence-corrected chi connectivity index (χ1v) is 7.66. The summed E-state index contributed by atoms with van der Waals surface area (Å²) in [5.74, 6) is 0.905. The molecule has 4 heterocycles. The predicted octanol–water partition coefficient (Wildman–Crippen LogP) is 1.54. The van der Waals surface area contributed by atoms with E-state index >= 15 is 0 Å². The number of imidazole rings is 1. The van der Waals surface area contributed by atoms with Crippen molar-refractivity contribution in [3.05, 3.63) is 54.6 Å². The maximum absolute atomic E-state index is 12.6. The summed E-state index contributed by atoms with van der Waals surface area (Å²) in [5, 5.41) is 0. The van der Waals surface area contributed by atoms with Gasteiger partial charge in [0.1, 0.15) is 5.69 Å². The highest BCUT2D eigenvalue weighted by Crippen LogP contribution is 2.27. The van der Waals surface area contributed by atoms with Crippen LogP contribution in [0.5, 0.6) is 0 Å². The number of amides is 1. The van der Waals surface area contributed by atoms with Gasteiger partial charge in [-0.2, -0.15) is 0 Å². The molecule has 116 valence electrons. The third-order valence-corrected chi connectivity index (χ3v) is 4.24. The summed E-state index contributed by atoms with van der Waals surface area (Å²) in [7, 11) is 0. The average molecular weight is 308 g/mol. The molecule has 1 aliphatic heterocycles. The van der Waals surface area contributed by atoms with Crippen molar-refractivity contribution >= 4 is 11.7 Å². The SMILES string of the molecule is O=C(c1cnccn1)N1CCC[C@H](c2ccnc3nccn23)C1. The quantitative estimate of drug-likeness (QED) is 0.718. The molecule has 23 heavy (non-hydrogen) atoms. The van der Waals surface area contributed by atoms with Crippen molar-refractivity contribution in [2.45, 2.75) is 18.8 Å². The number of nitrogens with zero attached hydrogens (tertiary/aromatic N) is 6. The van der Waals surface area contributed by atoms with Crippen molar-refractivity contribution in [1.29, 1.82) is 0 Å². The minimum absolute atomic E-state index is 0.0567. The van der Waals surface area contributed by atoms with Gasteiger partial charge in [-0.15, -0.1) is 0 Å². The highest BCUT2D eigenvalue weighted by atomic mass is 16.2. The molecule has 4 rings (SSSR count). The number of hydrogen-bond acceptors (Lipinski definition) is 5. The summed E-state index contributed by atoms with van der Waals surface area (Å²) in [4.78, 5) is 31.0. The molecule has 0 unspecified atom stereocenters. The molecule has 0 saturated carbocycles. The van der Waals surface area contributed by atoms with Crippen LogP contribution in [-0.4, -0.2) is 48.2 Å². The summed E-state index contributed by atoms with van der Waals surface area (Å²) in [6.45, 7) is 1.43. The van der Waals surface area contributed by atoms with Crippen LogP contribution in [0.25, 0.3) is 5.78 Å². The van der Waals surface area contributed by atoms with Gasteiger partial charge >= 0.3 is 0 Å². The lowest BCUT2D eigenvalue weighted by Crippen LogP contribution is -2.39. The Labute approximate surface area is 133 Å². The van der Waals surface area contributed by atoms with Crippen LogP contribution in [0.2, 0.25) is 0 Å². The molecule has 0 bridgehead atoms. The van der Waals surface area contributed by atoms with Crippen LogP contribution in [-0.2, 0) is 0 Å². The van der Waals surface area contributed by atoms with E-state index in [1.807, 2.05) is 21.6 Å². The summed E-state index contributed by atoms with van der Waals surface area (Å²) >= 11 is 0. The first-order valence-electron chi connectivity index (χ1n) is 7.66. The summed E-state index contributed by atoms with van der Waals surface area (Å²) in [6, 6.07) is 2.01. The Morgan fingerprint density at radius 1 is 1.13 bits per heavy atom. The Morgan fingerprint density at radius 2 is 2.04 bits per heavy atom. The molecule has 0 N–H and O–H groups in total. The monoisotopic (exact) mass is 308 g/mol. The minimum Gasteiger partial charge on any atom is -0.337 e. The van der Waals surface area contributed by atoms with Crippen molar-refractivity contribution in [3.8, 4) is 0 Å². The Kier molecular flexibility index (Phi) is 3.45. The van der Waals surface area contributed by atoms with Gasteiger partial charge in [0.2, 0.25) is 5.78 Å². The maximum Gasteiger partial charge on any atom is 0.274 e. The first kappa shape index (κ1) is 13.8. The van der Waals surface area contributed by atoms with Gasteiger partial charge < -0.3 is 4.90 Å². The second-order valence-electron chi connectivity index (χ2n) is 5.65. The van der Waals surface area contributed by atoms with Gasteiger partial charge in [0, 0.05) is 55.7 Å². The lowest BCUT2D eigenvalue weighted by molar-refractivity contribution is 0.0699. The van der Waals surface area contributed by atoms with Crippen LogP contribution >= 0.6 is 0 Å². The number of carbonyl (C=O) groups excluding carboxylic acids is 1. The van der Waals surface area contributed by atoms with Crippen molar-refractivity contribution in [3.63, 3.8) is 0 Å². The Hall–Kier alpha value is -2.83. The first-order chi connectivity index (χ1) is 11.3. The van der Waals surface area contributed by atoms with E-state index < -0.39 is 0 Å². The molecule has 0 aliphatic carbocycles. The van der Waals surface area contributed by atoms with Crippen LogP contribution in [0.3, 0.4) is 0 Å². The second-order valence-corrected chi connectivity index (χ2v) is 5.65. The highest BCUT2D eigenvalue weighted by molar-refractivity contribution is 5.92. The highest BCUT2D eigenvalue weighted by Gasteiger charge is 2.27. The van der Waals surface area contributed by atoms with Crippen LogP contribution in [0.1, 0.15) is 34.9 Å². The normalized spacial score (nSPS) is 18.3. The van der Waals surface area contributed by atoms with Crippen LogP contribution < -0.4 is 0 Å². The summed E-state index contributed by atoms with van der Waals surface area (Å²) in [6.07, 6.45) is 12.1. The fraction of sp³-hybridized carbons (Fsp3) is 0.312. The smallest absolute Gasteiger partial charge is 0.274 e. The topological polar surface area (TPSA) is 76.3 Å². The number of hydrogen-bond donors (Lipinski definition) is 0. The van der Waals surface area contributed by atoms with Crippen molar-refractivity contribution in [2.75, 3.05) is 13.1 Å². The van der Waals surface area contributed by atoms with Gasteiger partial charge in [0.05, 0.1) is 6.20 Å². The molecule has 3 aromatic heterocycles. The molecule has 0 aromatic carbocycles. The molecule has 1 atom stereocenters. The molecule has 1 aliphatic rings. The number of aromatic nitrogens is 5. The average Bonchev–Trinajstić information content (AvgIpc) is 3.10. The molecule has 7 heteroatoms. The Balaban J connectivity index is 1.60. The van der Waals surface area contributed by atoms with Gasteiger partial charge in [-0.3, -0.25) is 14.2 Å². The molecule has 1 amide bonds. The molecule has 1 saturated heterocycles. The standard InChI is InChI=1S/C16H16N6O/c23-15(13-10-17-5-6-18-13)21-8-1-2-12(11-21)14-3-4-19-16-20-7-9-22(14)16/h3-7,9-10,12H,1-2,8,11H2/t12-/m0/s1. The van der Waals surface area contributed by atoms with E-state index in [-0.39, 0.29) is 11.8 Å². The van der Waals surface area contributed by atoms with Gasteiger partial charge in [0.15, 0.2) is 0 Å². The molecule has 1 fully saturated rings. The third kappa shape index (κ3) is 2.54. The fourth-order valence-corrected chi connectivity index (χ4v) is 3.16. The number of piperidine rings is 1. The summed E-state index contributed by atoms with van der Waals surface area (Å²) in [5.41, 5.74) is 1.54. The number of likely N-dealkylation sites (tertiary alicyclic amines) is 1. The van der Waals surface area contributed by atoms with Crippen molar-refractivity contribution in [2.24, 2.45) is 0 Å². The number of carbonyl (C=O) groups is 1. The summed E-state index contributed by atoms with van der Waals surface area (Å²) < 4.78 is 2.00. The van der Waals surface area contributed by atoms with Crippen LogP contribution in [0, 0.1) is 0 Å². The maximum atomic E-state index is 12.6. The van der Waals surface area contributed by atoms with E-state index in [9.17, 15) is 4.79 Å². The lowest BCUT2D eigenvalue weighted by atomic mass is 9.94. The van der Waals surface area contributed by atoms with Gasteiger partial charge in [-0.25, -0.2) is 15.0 Å².